The monoisotopic (exact) mass is 269 g/mol. The van der Waals surface area contributed by atoms with E-state index in [9.17, 15) is 9.90 Å². The second kappa shape index (κ2) is 7.34. The summed E-state index contributed by atoms with van der Waals surface area (Å²) in [5, 5.41) is 12.1. The molecule has 0 unspecified atom stereocenters. The second-order valence-electron chi connectivity index (χ2n) is 4.78. The summed E-state index contributed by atoms with van der Waals surface area (Å²) in [7, 11) is 0. The average molecular weight is 269 g/mol. The molecule has 0 heterocycles. The van der Waals surface area contributed by atoms with Crippen molar-refractivity contribution in [2.75, 3.05) is 0 Å². The number of aryl methyl sites for hydroxylation is 1. The molecular weight excluding hydrogens is 250 g/mol. The summed E-state index contributed by atoms with van der Waals surface area (Å²) in [5.41, 5.74) is 2.25. The third-order valence-corrected chi connectivity index (χ3v) is 3.14. The van der Waals surface area contributed by atoms with Crippen LogP contribution in [0.15, 0.2) is 54.6 Å². The molecule has 1 amide bonds. The number of benzene rings is 2. The molecule has 0 aliphatic rings. The molecule has 0 aromatic heterocycles. The maximum absolute atomic E-state index is 11.7. The van der Waals surface area contributed by atoms with Crippen molar-refractivity contribution in [3.8, 4) is 5.75 Å². The molecule has 2 N–H and O–H groups in total. The van der Waals surface area contributed by atoms with Gasteiger partial charge in [0, 0.05) is 13.0 Å². The van der Waals surface area contributed by atoms with Crippen molar-refractivity contribution in [3.05, 3.63) is 65.7 Å². The molecule has 104 valence electrons. The molecule has 0 bridgehead atoms. The fraction of sp³-hybridized carbons (Fsp3) is 0.235. The minimum atomic E-state index is 0.0639. The van der Waals surface area contributed by atoms with Crippen LogP contribution in [0.25, 0.3) is 0 Å². The van der Waals surface area contributed by atoms with Crippen molar-refractivity contribution >= 4 is 5.91 Å². The standard InChI is InChI=1S/C17H19NO2/c19-16-11-9-15(10-12-16)13-18-17(20)8-4-7-14-5-2-1-3-6-14/h1-3,5-6,9-12,19H,4,7-8,13H2,(H,18,20). The van der Waals surface area contributed by atoms with Gasteiger partial charge in [0.05, 0.1) is 0 Å². The Morgan fingerprint density at radius 3 is 2.35 bits per heavy atom. The third-order valence-electron chi connectivity index (χ3n) is 3.14. The molecule has 0 aliphatic heterocycles. The summed E-state index contributed by atoms with van der Waals surface area (Å²) in [5.74, 6) is 0.303. The van der Waals surface area contributed by atoms with Gasteiger partial charge in [-0.2, -0.15) is 0 Å². The highest BCUT2D eigenvalue weighted by Crippen LogP contribution is 2.09. The molecule has 0 saturated heterocycles. The van der Waals surface area contributed by atoms with Crippen LogP contribution >= 0.6 is 0 Å². The first-order valence-electron chi connectivity index (χ1n) is 6.82. The van der Waals surface area contributed by atoms with Gasteiger partial charge in [-0.05, 0) is 36.1 Å². The molecule has 0 fully saturated rings. The maximum atomic E-state index is 11.7. The highest BCUT2D eigenvalue weighted by Gasteiger charge is 2.02. The van der Waals surface area contributed by atoms with Crippen molar-refractivity contribution in [3.63, 3.8) is 0 Å². The van der Waals surface area contributed by atoms with E-state index in [1.165, 1.54) is 5.56 Å². The molecule has 0 atom stereocenters. The van der Waals surface area contributed by atoms with E-state index < -0.39 is 0 Å². The summed E-state index contributed by atoms with van der Waals surface area (Å²) < 4.78 is 0. The Kier molecular flexibility index (Phi) is 5.18. The molecule has 0 radical (unpaired) electrons. The van der Waals surface area contributed by atoms with Gasteiger partial charge >= 0.3 is 0 Å². The topological polar surface area (TPSA) is 49.3 Å². The number of phenolic OH excluding ortho intramolecular Hbond substituents is 1. The minimum absolute atomic E-state index is 0.0639. The van der Waals surface area contributed by atoms with Crippen LogP contribution in [0.2, 0.25) is 0 Å². The number of phenols is 1. The number of aromatic hydroxyl groups is 1. The Hall–Kier alpha value is -2.29. The fourth-order valence-electron chi connectivity index (χ4n) is 2.00. The van der Waals surface area contributed by atoms with Crippen LogP contribution in [-0.4, -0.2) is 11.0 Å². The Bertz CT molecular complexity index is 535. The molecular formula is C17H19NO2. The normalized spacial score (nSPS) is 10.2. The zero-order valence-corrected chi connectivity index (χ0v) is 11.4. The van der Waals surface area contributed by atoms with Gasteiger partial charge in [0.2, 0.25) is 5.91 Å². The Labute approximate surface area is 119 Å². The van der Waals surface area contributed by atoms with Gasteiger partial charge in [0.15, 0.2) is 0 Å². The predicted molar refractivity (Wildman–Crippen MR) is 79.3 cm³/mol. The zero-order valence-electron chi connectivity index (χ0n) is 11.4. The Morgan fingerprint density at radius 2 is 1.65 bits per heavy atom. The largest absolute Gasteiger partial charge is 0.508 e. The molecule has 2 aromatic rings. The number of carbonyl (C=O) groups is 1. The van der Waals surface area contributed by atoms with E-state index in [0.717, 1.165) is 18.4 Å². The summed E-state index contributed by atoms with van der Waals surface area (Å²) in [6.45, 7) is 0.504. The number of hydrogen-bond acceptors (Lipinski definition) is 2. The van der Waals surface area contributed by atoms with Crippen LogP contribution in [0.3, 0.4) is 0 Å². The lowest BCUT2D eigenvalue weighted by Crippen LogP contribution is -2.22. The SMILES string of the molecule is O=C(CCCc1ccccc1)NCc1ccc(O)cc1. The minimum Gasteiger partial charge on any atom is -0.508 e. The zero-order chi connectivity index (χ0) is 14.2. The average Bonchev–Trinajstić information content (AvgIpc) is 2.48. The first-order valence-corrected chi connectivity index (χ1v) is 6.82. The van der Waals surface area contributed by atoms with Crippen LogP contribution in [0, 0.1) is 0 Å². The number of amides is 1. The van der Waals surface area contributed by atoms with Gasteiger partial charge in [-0.25, -0.2) is 0 Å². The lowest BCUT2D eigenvalue weighted by atomic mass is 10.1. The molecule has 0 saturated carbocycles. The fourth-order valence-corrected chi connectivity index (χ4v) is 2.00. The summed E-state index contributed by atoms with van der Waals surface area (Å²) >= 11 is 0. The summed E-state index contributed by atoms with van der Waals surface area (Å²) in [4.78, 5) is 11.7. The summed E-state index contributed by atoms with van der Waals surface area (Å²) in [6.07, 6.45) is 2.31. The number of hydrogen-bond donors (Lipinski definition) is 2. The van der Waals surface area contributed by atoms with E-state index in [1.54, 1.807) is 24.3 Å². The van der Waals surface area contributed by atoms with Crippen molar-refractivity contribution in [1.29, 1.82) is 0 Å². The quantitative estimate of drug-likeness (QED) is 0.847. The molecule has 2 rings (SSSR count). The van der Waals surface area contributed by atoms with Gasteiger partial charge in [-0.15, -0.1) is 0 Å². The first kappa shape index (κ1) is 14.1. The van der Waals surface area contributed by atoms with Gasteiger partial charge in [0.25, 0.3) is 0 Å². The highest BCUT2D eigenvalue weighted by atomic mass is 16.3. The molecule has 20 heavy (non-hydrogen) atoms. The predicted octanol–water partition coefficient (Wildman–Crippen LogP) is 3.03. The first-order chi connectivity index (χ1) is 9.74. The van der Waals surface area contributed by atoms with Crippen molar-refractivity contribution in [1.82, 2.24) is 5.32 Å². The van der Waals surface area contributed by atoms with Crippen LogP contribution < -0.4 is 5.32 Å². The Balaban J connectivity index is 1.67. The van der Waals surface area contributed by atoms with E-state index >= 15 is 0 Å². The number of carbonyl (C=O) groups excluding carboxylic acids is 1. The van der Waals surface area contributed by atoms with E-state index in [2.05, 4.69) is 17.4 Å². The van der Waals surface area contributed by atoms with E-state index in [4.69, 9.17) is 0 Å². The van der Waals surface area contributed by atoms with Gasteiger partial charge in [-0.1, -0.05) is 42.5 Å². The molecule has 0 aliphatic carbocycles. The maximum Gasteiger partial charge on any atom is 0.220 e. The van der Waals surface area contributed by atoms with E-state index in [-0.39, 0.29) is 11.7 Å². The number of nitrogens with one attached hydrogen (secondary N) is 1. The van der Waals surface area contributed by atoms with Gasteiger partial charge in [0.1, 0.15) is 5.75 Å². The molecule has 3 heteroatoms. The van der Waals surface area contributed by atoms with Crippen LogP contribution in [0.4, 0.5) is 0 Å². The second-order valence-corrected chi connectivity index (χ2v) is 4.78. The van der Waals surface area contributed by atoms with Gasteiger partial charge in [-0.3, -0.25) is 4.79 Å². The molecule has 3 nitrogen and oxygen atoms in total. The summed E-state index contributed by atoms with van der Waals surface area (Å²) in [6, 6.07) is 17.0. The van der Waals surface area contributed by atoms with Crippen molar-refractivity contribution in [2.24, 2.45) is 0 Å². The Morgan fingerprint density at radius 1 is 0.950 bits per heavy atom. The van der Waals surface area contributed by atoms with E-state index in [0.29, 0.717) is 13.0 Å². The van der Waals surface area contributed by atoms with Crippen LogP contribution in [0.5, 0.6) is 5.75 Å². The lowest BCUT2D eigenvalue weighted by Gasteiger charge is -2.06. The van der Waals surface area contributed by atoms with Gasteiger partial charge < -0.3 is 10.4 Å². The van der Waals surface area contributed by atoms with E-state index in [1.807, 2.05) is 18.2 Å². The van der Waals surface area contributed by atoms with Crippen LogP contribution in [0.1, 0.15) is 24.0 Å². The highest BCUT2D eigenvalue weighted by molar-refractivity contribution is 5.75. The van der Waals surface area contributed by atoms with Crippen molar-refractivity contribution in [2.45, 2.75) is 25.8 Å². The lowest BCUT2D eigenvalue weighted by molar-refractivity contribution is -0.121. The van der Waals surface area contributed by atoms with Crippen molar-refractivity contribution < 1.29 is 9.90 Å². The molecule has 0 spiro atoms. The third kappa shape index (κ3) is 4.76. The van der Waals surface area contributed by atoms with Crippen LogP contribution in [-0.2, 0) is 17.8 Å². The smallest absolute Gasteiger partial charge is 0.220 e. The number of rotatable bonds is 6. The molecule has 2 aromatic carbocycles.